The third-order valence-electron chi connectivity index (χ3n) is 2.11. The van der Waals surface area contributed by atoms with Crippen molar-refractivity contribution in [2.24, 2.45) is 5.11 Å². The van der Waals surface area contributed by atoms with Crippen LogP contribution >= 0.6 is 22.6 Å². The summed E-state index contributed by atoms with van der Waals surface area (Å²) in [6, 6.07) is 2.64. The van der Waals surface area contributed by atoms with Gasteiger partial charge in [-0.25, -0.2) is 0 Å². The zero-order chi connectivity index (χ0) is 12.3. The Bertz CT molecular complexity index is 460. The molecule has 1 aromatic rings. The third kappa shape index (κ3) is 5.09. The molecular formula is C8H7BF3IKN3. The molecule has 0 aromatic heterocycles. The molecule has 9 heteroatoms. The molecule has 0 unspecified atom stereocenters. The van der Waals surface area contributed by atoms with Crippen molar-refractivity contribution in [1.29, 1.82) is 0 Å². The standard InChI is InChI=1S/C8H7BF3IN3.K/c1-5-7(9(10,11)12)2-6(3-8(5)13)4-15-16-14;/h2-3H,4H2,1H3;/q-1;+1. The van der Waals surface area contributed by atoms with Gasteiger partial charge in [-0.15, -0.1) is 5.46 Å². The summed E-state index contributed by atoms with van der Waals surface area (Å²) in [7, 11) is 0. The molecule has 0 aliphatic carbocycles. The third-order valence-corrected chi connectivity index (χ3v) is 3.23. The van der Waals surface area contributed by atoms with Crippen molar-refractivity contribution in [2.45, 2.75) is 13.5 Å². The number of halogens is 4. The fourth-order valence-corrected chi connectivity index (χ4v) is 2.01. The molecule has 0 atom stereocenters. The Hall–Kier alpha value is 0.751. The topological polar surface area (TPSA) is 48.8 Å². The summed E-state index contributed by atoms with van der Waals surface area (Å²) < 4.78 is 38.6. The number of nitrogens with zero attached hydrogens (tertiary/aromatic N) is 3. The van der Waals surface area contributed by atoms with E-state index in [0.717, 1.165) is 6.07 Å². The van der Waals surface area contributed by atoms with Gasteiger partial charge in [0.2, 0.25) is 0 Å². The number of azide groups is 1. The Morgan fingerprint density at radius 1 is 1.41 bits per heavy atom. The van der Waals surface area contributed by atoms with E-state index in [1.165, 1.54) is 6.92 Å². The van der Waals surface area contributed by atoms with Gasteiger partial charge in [0, 0.05) is 8.48 Å². The summed E-state index contributed by atoms with van der Waals surface area (Å²) >= 11 is 1.84. The van der Waals surface area contributed by atoms with E-state index in [2.05, 4.69) is 10.0 Å². The summed E-state index contributed by atoms with van der Waals surface area (Å²) in [5.41, 5.74) is 8.10. The Kier molecular flexibility index (Phi) is 7.69. The minimum Gasteiger partial charge on any atom is -0.445 e. The maximum absolute atomic E-state index is 12.7. The van der Waals surface area contributed by atoms with Crippen LogP contribution in [0.3, 0.4) is 0 Å². The maximum Gasteiger partial charge on any atom is 1.00 e. The molecule has 0 saturated heterocycles. The molecule has 0 bridgehead atoms. The maximum atomic E-state index is 12.7. The van der Waals surface area contributed by atoms with Crippen LogP contribution in [0.15, 0.2) is 17.2 Å². The molecule has 1 aromatic carbocycles. The van der Waals surface area contributed by atoms with Crippen LogP contribution in [0.2, 0.25) is 0 Å². The second-order valence-electron chi connectivity index (χ2n) is 3.26. The van der Waals surface area contributed by atoms with Crippen molar-refractivity contribution < 1.29 is 64.3 Å². The quantitative estimate of drug-likeness (QED) is 0.241. The molecule has 0 aliphatic heterocycles. The summed E-state index contributed by atoms with van der Waals surface area (Å²) in [4.78, 5) is 2.52. The van der Waals surface area contributed by atoms with Gasteiger partial charge in [-0.2, -0.15) is 0 Å². The molecule has 0 N–H and O–H groups in total. The second-order valence-corrected chi connectivity index (χ2v) is 4.42. The first-order chi connectivity index (χ1) is 7.36. The van der Waals surface area contributed by atoms with Gasteiger partial charge >= 0.3 is 58.4 Å². The molecule has 1 rings (SSSR count). The van der Waals surface area contributed by atoms with E-state index in [1.807, 2.05) is 22.6 Å². The SMILES string of the molecule is Cc1c(I)cc(CN=[N+]=[N-])cc1[B-](F)(F)F.[K+]. The number of benzene rings is 1. The normalized spacial score (nSPS) is 10.4. The first kappa shape index (κ1) is 17.8. The molecule has 0 heterocycles. The van der Waals surface area contributed by atoms with E-state index >= 15 is 0 Å². The molecule has 86 valence electrons. The van der Waals surface area contributed by atoms with Crippen LogP contribution in [0.5, 0.6) is 0 Å². The van der Waals surface area contributed by atoms with E-state index in [1.54, 1.807) is 6.07 Å². The fraction of sp³-hybridized carbons (Fsp3) is 0.250. The largest absolute Gasteiger partial charge is 1.00 e. The molecule has 3 nitrogen and oxygen atoms in total. The van der Waals surface area contributed by atoms with Gasteiger partial charge in [-0.05, 0) is 46.7 Å². The Morgan fingerprint density at radius 3 is 2.47 bits per heavy atom. The van der Waals surface area contributed by atoms with Gasteiger partial charge in [-0.3, -0.25) is 0 Å². The predicted molar refractivity (Wildman–Crippen MR) is 65.5 cm³/mol. The van der Waals surface area contributed by atoms with Crippen LogP contribution < -0.4 is 56.8 Å². The number of rotatable bonds is 3. The number of hydrogen-bond donors (Lipinski definition) is 0. The van der Waals surface area contributed by atoms with Crippen molar-refractivity contribution in [2.75, 3.05) is 0 Å². The van der Waals surface area contributed by atoms with Crippen molar-refractivity contribution in [3.8, 4) is 0 Å². The summed E-state index contributed by atoms with van der Waals surface area (Å²) in [5, 5.41) is 3.25. The van der Waals surface area contributed by atoms with E-state index in [-0.39, 0.29) is 63.5 Å². The van der Waals surface area contributed by atoms with Crippen molar-refractivity contribution >= 4 is 35.0 Å². The molecule has 0 radical (unpaired) electrons. The fourth-order valence-electron chi connectivity index (χ4n) is 1.30. The van der Waals surface area contributed by atoms with E-state index in [0.29, 0.717) is 9.13 Å². The minimum atomic E-state index is -5.03. The molecule has 0 saturated carbocycles. The molecule has 17 heavy (non-hydrogen) atoms. The van der Waals surface area contributed by atoms with Crippen LogP contribution in [0.25, 0.3) is 10.4 Å². The van der Waals surface area contributed by atoms with Gasteiger partial charge in [-0.1, -0.05) is 16.7 Å². The number of hydrogen-bond acceptors (Lipinski definition) is 1. The van der Waals surface area contributed by atoms with E-state index < -0.39 is 12.4 Å². The Balaban J connectivity index is 0.00000256. The average molecular weight is 379 g/mol. The van der Waals surface area contributed by atoms with Crippen LogP contribution in [-0.4, -0.2) is 6.98 Å². The molecule has 0 spiro atoms. The monoisotopic (exact) mass is 379 g/mol. The van der Waals surface area contributed by atoms with Gasteiger partial charge < -0.3 is 12.9 Å². The van der Waals surface area contributed by atoms with Crippen LogP contribution in [0, 0.1) is 10.5 Å². The average Bonchev–Trinajstić information content (AvgIpc) is 2.17. The van der Waals surface area contributed by atoms with Gasteiger partial charge in [0.25, 0.3) is 0 Å². The summed E-state index contributed by atoms with van der Waals surface area (Å²) in [5.74, 6) is 0. The molecule has 0 fully saturated rings. The Morgan fingerprint density at radius 2 is 2.00 bits per heavy atom. The minimum absolute atomic E-state index is 0. The summed E-state index contributed by atoms with van der Waals surface area (Å²) in [6.45, 7) is -3.66. The predicted octanol–water partition coefficient (Wildman–Crippen LogP) is 0.468. The van der Waals surface area contributed by atoms with Crippen molar-refractivity contribution in [1.82, 2.24) is 0 Å². The zero-order valence-electron chi connectivity index (χ0n) is 9.29. The van der Waals surface area contributed by atoms with Gasteiger partial charge in [0.1, 0.15) is 0 Å². The first-order valence-electron chi connectivity index (χ1n) is 4.36. The van der Waals surface area contributed by atoms with Crippen molar-refractivity contribution in [3.63, 3.8) is 0 Å². The Labute approximate surface area is 153 Å². The van der Waals surface area contributed by atoms with Crippen molar-refractivity contribution in [3.05, 3.63) is 37.3 Å². The second kappa shape index (κ2) is 7.37. The smallest absolute Gasteiger partial charge is 0.445 e. The molecule has 0 amide bonds. The van der Waals surface area contributed by atoms with Gasteiger partial charge in [0.15, 0.2) is 0 Å². The zero-order valence-corrected chi connectivity index (χ0v) is 14.6. The van der Waals surface area contributed by atoms with Gasteiger partial charge in [0.05, 0.1) is 6.54 Å². The van der Waals surface area contributed by atoms with Crippen LogP contribution in [0.4, 0.5) is 12.9 Å². The van der Waals surface area contributed by atoms with Crippen LogP contribution in [0.1, 0.15) is 11.1 Å². The van der Waals surface area contributed by atoms with E-state index in [9.17, 15) is 12.9 Å². The summed E-state index contributed by atoms with van der Waals surface area (Å²) in [6.07, 6.45) is 0. The first-order valence-corrected chi connectivity index (χ1v) is 5.44. The van der Waals surface area contributed by atoms with Crippen LogP contribution in [-0.2, 0) is 6.54 Å². The molecule has 0 aliphatic rings. The molecular weight excluding hydrogens is 372 g/mol. The van der Waals surface area contributed by atoms with E-state index in [4.69, 9.17) is 5.53 Å².